The minimum Gasteiger partial charge on any atom is -0.361 e. The van der Waals surface area contributed by atoms with Crippen molar-refractivity contribution in [2.45, 2.75) is 59.9 Å². The van der Waals surface area contributed by atoms with E-state index in [1.165, 1.54) is 11.3 Å². The van der Waals surface area contributed by atoms with Crippen LogP contribution in [-0.2, 0) is 19.6 Å². The third-order valence-electron chi connectivity index (χ3n) is 4.92. The molecule has 1 N–H and O–H groups in total. The van der Waals surface area contributed by atoms with Crippen molar-refractivity contribution >= 4 is 38.9 Å². The van der Waals surface area contributed by atoms with Crippen LogP contribution in [-0.4, -0.2) is 38.4 Å². The molecule has 0 radical (unpaired) electrons. The molecule has 0 spiro atoms. The normalized spacial score (nSPS) is 15.3. The molecule has 3 heterocycles. The van der Waals surface area contributed by atoms with Crippen molar-refractivity contribution < 1.29 is 13.2 Å². The average molecular weight is 463 g/mol. The molecule has 2 aromatic heterocycles. The van der Waals surface area contributed by atoms with E-state index in [-0.39, 0.29) is 6.54 Å². The van der Waals surface area contributed by atoms with E-state index in [0.29, 0.717) is 34.0 Å². The number of halogens is 3. The number of hydrogen-bond acceptors (Lipinski definition) is 4. The van der Waals surface area contributed by atoms with Crippen LogP contribution in [0.4, 0.5) is 13.2 Å². The lowest BCUT2D eigenvalue weighted by Gasteiger charge is -2.20. The van der Waals surface area contributed by atoms with Gasteiger partial charge >= 0.3 is 11.9 Å². The van der Waals surface area contributed by atoms with E-state index in [1.807, 2.05) is 25.7 Å². The molecule has 30 heavy (non-hydrogen) atoms. The Labute approximate surface area is 181 Å². The van der Waals surface area contributed by atoms with Gasteiger partial charge in [-0.1, -0.05) is 20.8 Å². The molecule has 3 rings (SSSR count). The number of rotatable bonds is 5. The third-order valence-corrected chi connectivity index (χ3v) is 6.63. The van der Waals surface area contributed by atoms with Gasteiger partial charge in [-0.25, -0.2) is 4.79 Å². The van der Waals surface area contributed by atoms with Crippen LogP contribution in [0.2, 0.25) is 0 Å². The second-order valence-electron chi connectivity index (χ2n) is 8.74. The quantitative estimate of drug-likeness (QED) is 0.692. The number of nitrogens with zero attached hydrogens (tertiary/aromatic N) is 3. The molecule has 0 amide bonds. The van der Waals surface area contributed by atoms with Crippen molar-refractivity contribution in [2.24, 2.45) is 5.41 Å². The molecule has 0 bridgehead atoms. The summed E-state index contributed by atoms with van der Waals surface area (Å²) in [4.78, 5) is 29.3. The summed E-state index contributed by atoms with van der Waals surface area (Å²) in [6, 6.07) is 0. The summed E-state index contributed by atoms with van der Waals surface area (Å²) in [7, 11) is 0. The predicted molar refractivity (Wildman–Crippen MR) is 116 cm³/mol. The van der Waals surface area contributed by atoms with E-state index < -0.39 is 35.8 Å². The number of thiophene rings is 1. The Hall–Kier alpha value is -1.88. The molecular formula is C19H25F3N4O2S2. The first-order chi connectivity index (χ1) is 13.8. The Morgan fingerprint density at radius 2 is 1.83 bits per heavy atom. The minimum atomic E-state index is -4.40. The monoisotopic (exact) mass is 462 g/mol. The van der Waals surface area contributed by atoms with E-state index in [0.717, 1.165) is 20.6 Å². The lowest BCUT2D eigenvalue weighted by Crippen LogP contribution is -2.42. The van der Waals surface area contributed by atoms with Gasteiger partial charge < -0.3 is 10.2 Å². The maximum absolute atomic E-state index is 13.2. The molecule has 0 unspecified atom stereocenters. The van der Waals surface area contributed by atoms with Crippen LogP contribution < -0.4 is 16.6 Å². The van der Waals surface area contributed by atoms with Crippen molar-refractivity contribution in [3.05, 3.63) is 31.3 Å². The highest BCUT2D eigenvalue weighted by Gasteiger charge is 2.29. The number of thiocarbonyl (C=S) groups is 1. The van der Waals surface area contributed by atoms with Gasteiger partial charge in [-0.3, -0.25) is 13.9 Å². The van der Waals surface area contributed by atoms with Crippen molar-refractivity contribution in [2.75, 3.05) is 13.1 Å². The van der Waals surface area contributed by atoms with E-state index in [9.17, 15) is 22.8 Å². The molecule has 1 aliphatic rings. The van der Waals surface area contributed by atoms with E-state index in [4.69, 9.17) is 12.2 Å². The standard InChI is InChI=1S/C19H25F3N4O2S2/c1-11-12(9-24-8-6-23-16(24)29)30-15-13(11)14(27)26(10-18(2,3)4)17(28)25(15)7-5-19(20,21)22/h5-10H2,1-4H3,(H,23,29). The van der Waals surface area contributed by atoms with Crippen LogP contribution in [0.25, 0.3) is 10.2 Å². The van der Waals surface area contributed by atoms with Gasteiger partial charge in [0.15, 0.2) is 5.11 Å². The van der Waals surface area contributed by atoms with Crippen LogP contribution in [0.3, 0.4) is 0 Å². The molecule has 0 saturated carbocycles. The summed E-state index contributed by atoms with van der Waals surface area (Å²) >= 11 is 6.47. The average Bonchev–Trinajstić information content (AvgIpc) is 3.14. The zero-order valence-corrected chi connectivity index (χ0v) is 19.0. The van der Waals surface area contributed by atoms with Crippen molar-refractivity contribution in [3.63, 3.8) is 0 Å². The number of aryl methyl sites for hydroxylation is 2. The van der Waals surface area contributed by atoms with Crippen molar-refractivity contribution in [1.82, 2.24) is 19.4 Å². The van der Waals surface area contributed by atoms with Crippen molar-refractivity contribution in [3.8, 4) is 0 Å². The Morgan fingerprint density at radius 1 is 1.17 bits per heavy atom. The molecule has 1 saturated heterocycles. The molecular weight excluding hydrogens is 437 g/mol. The Morgan fingerprint density at radius 3 is 2.37 bits per heavy atom. The van der Waals surface area contributed by atoms with Gasteiger partial charge in [-0.2, -0.15) is 13.2 Å². The second kappa shape index (κ2) is 7.99. The maximum Gasteiger partial charge on any atom is 0.390 e. The topological polar surface area (TPSA) is 59.3 Å². The van der Waals surface area contributed by atoms with Crippen molar-refractivity contribution in [1.29, 1.82) is 0 Å². The molecule has 1 aliphatic heterocycles. The molecule has 1 fully saturated rings. The van der Waals surface area contributed by atoms with Crippen LogP contribution in [0.5, 0.6) is 0 Å². The summed E-state index contributed by atoms with van der Waals surface area (Å²) in [5, 5.41) is 3.98. The zero-order chi connectivity index (χ0) is 22.4. The summed E-state index contributed by atoms with van der Waals surface area (Å²) in [6.07, 6.45) is -5.54. The van der Waals surface area contributed by atoms with Crippen LogP contribution in [0.1, 0.15) is 37.6 Å². The molecule has 166 valence electrons. The smallest absolute Gasteiger partial charge is 0.361 e. The summed E-state index contributed by atoms with van der Waals surface area (Å²) in [5.41, 5.74) is -0.843. The molecule has 0 aliphatic carbocycles. The van der Waals surface area contributed by atoms with Gasteiger partial charge in [0.25, 0.3) is 5.56 Å². The van der Waals surface area contributed by atoms with Gasteiger partial charge in [0, 0.05) is 31.1 Å². The maximum atomic E-state index is 13.2. The van der Waals surface area contributed by atoms with Gasteiger partial charge in [0.1, 0.15) is 4.83 Å². The fourth-order valence-corrected chi connectivity index (χ4v) is 5.07. The molecule has 2 aromatic rings. The minimum absolute atomic E-state index is 0.122. The highest BCUT2D eigenvalue weighted by atomic mass is 32.1. The zero-order valence-electron chi connectivity index (χ0n) is 17.4. The van der Waals surface area contributed by atoms with Gasteiger partial charge in [0.05, 0.1) is 18.4 Å². The molecule has 0 atom stereocenters. The summed E-state index contributed by atoms with van der Waals surface area (Å²) < 4.78 is 40.9. The predicted octanol–water partition coefficient (Wildman–Crippen LogP) is 3.22. The fraction of sp³-hybridized carbons (Fsp3) is 0.632. The highest BCUT2D eigenvalue weighted by Crippen LogP contribution is 2.30. The van der Waals surface area contributed by atoms with E-state index in [1.54, 1.807) is 6.92 Å². The number of aromatic nitrogens is 2. The van der Waals surface area contributed by atoms with Crippen LogP contribution in [0.15, 0.2) is 9.59 Å². The Bertz CT molecular complexity index is 1090. The van der Waals surface area contributed by atoms with E-state index in [2.05, 4.69) is 5.32 Å². The van der Waals surface area contributed by atoms with Gasteiger partial charge in [-0.15, -0.1) is 11.3 Å². The second-order valence-corrected chi connectivity index (χ2v) is 10.2. The largest absolute Gasteiger partial charge is 0.390 e. The van der Waals surface area contributed by atoms with Gasteiger partial charge in [0.2, 0.25) is 0 Å². The number of nitrogens with one attached hydrogen (secondary N) is 1. The highest BCUT2D eigenvalue weighted by molar-refractivity contribution is 7.80. The molecule has 0 aromatic carbocycles. The molecule has 6 nitrogen and oxygen atoms in total. The van der Waals surface area contributed by atoms with E-state index >= 15 is 0 Å². The summed E-state index contributed by atoms with van der Waals surface area (Å²) in [6.45, 7) is 8.87. The van der Waals surface area contributed by atoms with Crippen LogP contribution >= 0.6 is 23.6 Å². The first kappa shape index (κ1) is 22.8. The van der Waals surface area contributed by atoms with Gasteiger partial charge in [-0.05, 0) is 30.1 Å². The SMILES string of the molecule is Cc1c(CN2CCNC2=S)sc2c1c(=O)n(CC(C)(C)C)c(=O)n2CCC(F)(F)F. The Balaban J connectivity index is 2.19. The first-order valence-corrected chi connectivity index (χ1v) is 10.9. The van der Waals surface area contributed by atoms with Crippen LogP contribution in [0, 0.1) is 12.3 Å². The number of fused-ring (bicyclic) bond motifs is 1. The Kier molecular flexibility index (Phi) is 6.07. The molecule has 11 heteroatoms. The summed E-state index contributed by atoms with van der Waals surface area (Å²) in [5.74, 6) is 0. The fourth-order valence-electron chi connectivity index (χ4n) is 3.48. The lowest BCUT2D eigenvalue weighted by molar-refractivity contribution is -0.136. The number of hydrogen-bond donors (Lipinski definition) is 1. The lowest BCUT2D eigenvalue weighted by atomic mass is 9.97. The third kappa shape index (κ3) is 4.72. The number of alkyl halides is 3. The first-order valence-electron chi connectivity index (χ1n) is 9.63.